The largest absolute Gasteiger partial charge is 0.484 e. The van der Waals surface area contributed by atoms with Crippen LogP contribution in [-0.4, -0.2) is 43.4 Å². The van der Waals surface area contributed by atoms with Crippen molar-refractivity contribution in [1.29, 1.82) is 0 Å². The molecule has 1 aromatic heterocycles. The van der Waals surface area contributed by atoms with Gasteiger partial charge >= 0.3 is 0 Å². The number of carbonyl (C=O) groups is 1. The molecule has 1 aromatic carbocycles. The van der Waals surface area contributed by atoms with E-state index < -0.39 is 21.7 Å². The predicted molar refractivity (Wildman–Crippen MR) is 92.9 cm³/mol. The molecule has 1 atom stereocenters. The Morgan fingerprint density at radius 3 is 2.58 bits per heavy atom. The summed E-state index contributed by atoms with van der Waals surface area (Å²) in [6.45, 7) is 1.72. The summed E-state index contributed by atoms with van der Waals surface area (Å²) in [7, 11) is -3.14. The molecule has 0 radical (unpaired) electrons. The molecule has 1 aliphatic heterocycles. The first-order valence-electron chi connectivity index (χ1n) is 8.26. The number of hydrogen-bond donors (Lipinski definition) is 0. The van der Waals surface area contributed by atoms with Crippen LogP contribution in [0.4, 0.5) is 4.39 Å². The molecular formula is C18H20FNO5S. The number of halogens is 1. The minimum atomic E-state index is -3.14. The number of benzene rings is 1. The second kappa shape index (κ2) is 7.49. The Morgan fingerprint density at radius 2 is 2.00 bits per heavy atom. The minimum Gasteiger partial charge on any atom is -0.484 e. The van der Waals surface area contributed by atoms with Gasteiger partial charge in [-0.2, -0.15) is 0 Å². The van der Waals surface area contributed by atoms with Crippen LogP contribution in [0.5, 0.6) is 5.75 Å². The Balaban J connectivity index is 1.71. The number of nitrogens with zero attached hydrogens (tertiary/aromatic N) is 1. The molecule has 2 heterocycles. The molecule has 0 N–H and O–H groups in total. The van der Waals surface area contributed by atoms with E-state index in [-0.39, 0.29) is 30.6 Å². The Kier molecular flexibility index (Phi) is 5.31. The lowest BCUT2D eigenvalue weighted by atomic mass is 10.2. The lowest BCUT2D eigenvalue weighted by Gasteiger charge is -2.27. The molecule has 1 amide bonds. The van der Waals surface area contributed by atoms with E-state index in [1.54, 1.807) is 19.1 Å². The summed E-state index contributed by atoms with van der Waals surface area (Å²) in [6, 6.07) is 8.50. The molecule has 140 valence electrons. The lowest BCUT2D eigenvalue weighted by Crippen LogP contribution is -2.43. The second-order valence-electron chi connectivity index (χ2n) is 6.33. The van der Waals surface area contributed by atoms with Crippen molar-refractivity contribution >= 4 is 15.7 Å². The quantitative estimate of drug-likeness (QED) is 0.768. The van der Waals surface area contributed by atoms with E-state index in [9.17, 15) is 17.6 Å². The normalized spacial score (nSPS) is 18.6. The molecule has 2 aromatic rings. The summed E-state index contributed by atoms with van der Waals surface area (Å²) in [4.78, 5) is 14.2. The molecule has 1 aliphatic rings. The van der Waals surface area contributed by atoms with Gasteiger partial charge in [-0.15, -0.1) is 0 Å². The van der Waals surface area contributed by atoms with Crippen LogP contribution in [0, 0.1) is 12.7 Å². The zero-order chi connectivity index (χ0) is 18.7. The van der Waals surface area contributed by atoms with Gasteiger partial charge in [-0.25, -0.2) is 12.8 Å². The van der Waals surface area contributed by atoms with Crippen LogP contribution >= 0.6 is 0 Å². The van der Waals surface area contributed by atoms with Crippen molar-refractivity contribution in [1.82, 2.24) is 4.90 Å². The molecule has 6 nitrogen and oxygen atoms in total. The van der Waals surface area contributed by atoms with E-state index in [0.29, 0.717) is 23.7 Å². The van der Waals surface area contributed by atoms with Crippen LogP contribution in [-0.2, 0) is 21.2 Å². The standard InChI is InChI=1S/C18H20FNO5S/c1-13-2-5-17(25-13)10-20(15-8-9-26(22,23)12-15)18(21)11-24-16-6-3-14(19)4-7-16/h2-7,15H,8-12H2,1H3/t15-/m0/s1. The van der Waals surface area contributed by atoms with Crippen LogP contribution in [0.25, 0.3) is 0 Å². The minimum absolute atomic E-state index is 0.0605. The molecule has 0 unspecified atom stereocenters. The highest BCUT2D eigenvalue weighted by atomic mass is 32.2. The summed E-state index contributed by atoms with van der Waals surface area (Å²) in [5.41, 5.74) is 0. The fourth-order valence-electron chi connectivity index (χ4n) is 2.94. The van der Waals surface area contributed by atoms with Gasteiger partial charge in [0.15, 0.2) is 16.4 Å². The highest BCUT2D eigenvalue weighted by Gasteiger charge is 2.35. The Bertz CT molecular complexity index is 875. The highest BCUT2D eigenvalue weighted by molar-refractivity contribution is 7.91. The van der Waals surface area contributed by atoms with Gasteiger partial charge in [0.25, 0.3) is 5.91 Å². The summed E-state index contributed by atoms with van der Waals surface area (Å²) < 4.78 is 47.5. The van der Waals surface area contributed by atoms with E-state index in [4.69, 9.17) is 9.15 Å². The molecule has 3 rings (SSSR count). The van der Waals surface area contributed by atoms with Crippen molar-refractivity contribution in [2.75, 3.05) is 18.1 Å². The van der Waals surface area contributed by atoms with Crippen LogP contribution in [0.1, 0.15) is 17.9 Å². The Hall–Kier alpha value is -2.35. The summed E-state index contributed by atoms with van der Waals surface area (Å²) in [5, 5.41) is 0. The first-order valence-corrected chi connectivity index (χ1v) is 10.1. The van der Waals surface area contributed by atoms with E-state index in [1.165, 1.54) is 29.2 Å². The van der Waals surface area contributed by atoms with Gasteiger partial charge in [-0.3, -0.25) is 4.79 Å². The van der Waals surface area contributed by atoms with Crippen LogP contribution in [0.15, 0.2) is 40.8 Å². The van der Waals surface area contributed by atoms with Gasteiger partial charge in [-0.1, -0.05) is 0 Å². The molecule has 0 saturated carbocycles. The number of ether oxygens (including phenoxy) is 1. The smallest absolute Gasteiger partial charge is 0.261 e. The third-order valence-corrected chi connectivity index (χ3v) is 6.02. The van der Waals surface area contributed by atoms with Gasteiger partial charge in [-0.05, 0) is 49.7 Å². The first-order chi connectivity index (χ1) is 12.3. The average molecular weight is 381 g/mol. The highest BCUT2D eigenvalue weighted by Crippen LogP contribution is 2.21. The average Bonchev–Trinajstić information content (AvgIpc) is 3.16. The topological polar surface area (TPSA) is 76.8 Å². The third-order valence-electron chi connectivity index (χ3n) is 4.27. The van der Waals surface area contributed by atoms with Crippen molar-refractivity contribution in [2.24, 2.45) is 0 Å². The van der Waals surface area contributed by atoms with Crippen molar-refractivity contribution in [3.63, 3.8) is 0 Å². The summed E-state index contributed by atoms with van der Waals surface area (Å²) >= 11 is 0. The maximum atomic E-state index is 12.9. The monoisotopic (exact) mass is 381 g/mol. The molecular weight excluding hydrogens is 361 g/mol. The van der Waals surface area contributed by atoms with Crippen molar-refractivity contribution in [3.8, 4) is 5.75 Å². The molecule has 1 fully saturated rings. The number of rotatable bonds is 6. The second-order valence-corrected chi connectivity index (χ2v) is 8.56. The lowest BCUT2D eigenvalue weighted by molar-refractivity contribution is -0.136. The predicted octanol–water partition coefficient (Wildman–Crippen LogP) is 2.32. The number of amides is 1. The van der Waals surface area contributed by atoms with Gasteiger partial charge in [0.1, 0.15) is 23.1 Å². The molecule has 0 bridgehead atoms. The number of furan rings is 1. The third kappa shape index (κ3) is 4.63. The van der Waals surface area contributed by atoms with Crippen LogP contribution < -0.4 is 4.74 Å². The van der Waals surface area contributed by atoms with Crippen molar-refractivity contribution in [2.45, 2.75) is 25.9 Å². The summed E-state index contributed by atoms with van der Waals surface area (Å²) in [5.74, 6) is 0.940. The van der Waals surface area contributed by atoms with Gasteiger partial charge in [0.2, 0.25) is 0 Å². The first kappa shape index (κ1) is 18.4. The van der Waals surface area contributed by atoms with E-state index in [0.717, 1.165) is 0 Å². The van der Waals surface area contributed by atoms with E-state index in [2.05, 4.69) is 0 Å². The Morgan fingerprint density at radius 1 is 1.27 bits per heavy atom. The molecule has 0 aliphatic carbocycles. The SMILES string of the molecule is Cc1ccc(CN(C(=O)COc2ccc(F)cc2)[C@H]2CCS(=O)(=O)C2)o1. The molecule has 0 spiro atoms. The zero-order valence-corrected chi connectivity index (χ0v) is 15.2. The maximum absolute atomic E-state index is 12.9. The summed E-state index contributed by atoms with van der Waals surface area (Å²) in [6.07, 6.45) is 0.393. The number of sulfone groups is 1. The Labute approximate surface area is 151 Å². The van der Waals surface area contributed by atoms with Gasteiger partial charge in [0, 0.05) is 6.04 Å². The maximum Gasteiger partial charge on any atom is 0.261 e. The zero-order valence-electron chi connectivity index (χ0n) is 14.4. The molecule has 8 heteroatoms. The van der Waals surface area contributed by atoms with Gasteiger partial charge < -0.3 is 14.1 Å². The number of carbonyl (C=O) groups excluding carboxylic acids is 1. The molecule has 1 saturated heterocycles. The van der Waals surface area contributed by atoms with Crippen LogP contribution in [0.3, 0.4) is 0 Å². The van der Waals surface area contributed by atoms with Crippen LogP contribution in [0.2, 0.25) is 0 Å². The fraction of sp³-hybridized carbons (Fsp3) is 0.389. The fourth-order valence-corrected chi connectivity index (χ4v) is 4.67. The van der Waals surface area contributed by atoms with Crippen molar-refractivity contribution < 1.29 is 26.8 Å². The number of aryl methyl sites for hydroxylation is 1. The van der Waals surface area contributed by atoms with E-state index >= 15 is 0 Å². The van der Waals surface area contributed by atoms with Gasteiger partial charge in [0.05, 0.1) is 18.1 Å². The molecule has 26 heavy (non-hydrogen) atoms. The number of hydrogen-bond acceptors (Lipinski definition) is 5. The van der Waals surface area contributed by atoms with Crippen molar-refractivity contribution in [3.05, 3.63) is 53.7 Å². The van der Waals surface area contributed by atoms with E-state index in [1.807, 2.05) is 0 Å².